The Hall–Kier alpha value is -4.19. The highest BCUT2D eigenvalue weighted by Gasteiger charge is 2.15. The maximum Gasteiger partial charge on any atom is 0.271 e. The summed E-state index contributed by atoms with van der Waals surface area (Å²) < 4.78 is 3.76. The Bertz CT molecular complexity index is 1350. The predicted octanol–water partition coefficient (Wildman–Crippen LogP) is 4.43. The van der Waals surface area contributed by atoms with Crippen LogP contribution in [0.25, 0.3) is 22.6 Å². The Labute approximate surface area is 179 Å². The summed E-state index contributed by atoms with van der Waals surface area (Å²) in [6, 6.07) is 25.7. The van der Waals surface area contributed by atoms with Crippen molar-refractivity contribution in [3.05, 3.63) is 108 Å². The number of fused-ring (bicyclic) bond motifs is 1. The third-order valence-corrected chi connectivity index (χ3v) is 5.23. The zero-order valence-corrected chi connectivity index (χ0v) is 17.1. The van der Waals surface area contributed by atoms with Crippen molar-refractivity contribution in [1.29, 1.82) is 0 Å². The SMILES string of the molecule is Cc1cccc2nc(C(=O)NCc3cn(-c4ccccc4)nc3-c3ccccc3)cn12. The quantitative estimate of drug-likeness (QED) is 0.469. The van der Waals surface area contributed by atoms with Gasteiger partial charge in [0.15, 0.2) is 0 Å². The van der Waals surface area contributed by atoms with Gasteiger partial charge in [0.2, 0.25) is 0 Å². The van der Waals surface area contributed by atoms with Gasteiger partial charge in [0.25, 0.3) is 5.91 Å². The topological polar surface area (TPSA) is 64.2 Å². The van der Waals surface area contributed by atoms with E-state index in [1.807, 2.05) is 101 Å². The van der Waals surface area contributed by atoms with E-state index < -0.39 is 0 Å². The minimum atomic E-state index is -0.213. The number of nitrogens with zero attached hydrogens (tertiary/aromatic N) is 4. The van der Waals surface area contributed by atoms with Gasteiger partial charge in [0.1, 0.15) is 11.3 Å². The van der Waals surface area contributed by atoms with Crippen LogP contribution >= 0.6 is 0 Å². The third-order valence-electron chi connectivity index (χ3n) is 5.23. The monoisotopic (exact) mass is 407 g/mol. The molecule has 0 radical (unpaired) electrons. The molecule has 152 valence electrons. The minimum Gasteiger partial charge on any atom is -0.346 e. The highest BCUT2D eigenvalue weighted by atomic mass is 16.1. The molecule has 3 heterocycles. The molecule has 0 spiro atoms. The second-order valence-electron chi connectivity index (χ2n) is 7.35. The number of benzene rings is 2. The molecule has 1 N–H and O–H groups in total. The molecule has 0 bridgehead atoms. The summed E-state index contributed by atoms with van der Waals surface area (Å²) in [5, 5.41) is 7.80. The first-order valence-corrected chi connectivity index (χ1v) is 10.1. The number of para-hydroxylation sites is 1. The lowest BCUT2D eigenvalue weighted by Gasteiger charge is -2.04. The number of carbonyl (C=O) groups is 1. The fourth-order valence-corrected chi connectivity index (χ4v) is 3.61. The summed E-state index contributed by atoms with van der Waals surface area (Å²) in [6.45, 7) is 2.34. The van der Waals surface area contributed by atoms with Gasteiger partial charge >= 0.3 is 0 Å². The Morgan fingerprint density at radius 3 is 2.39 bits per heavy atom. The minimum absolute atomic E-state index is 0.213. The van der Waals surface area contributed by atoms with Crippen LogP contribution in [-0.2, 0) is 6.54 Å². The summed E-state index contributed by atoms with van der Waals surface area (Å²) in [5.41, 5.74) is 5.93. The van der Waals surface area contributed by atoms with E-state index in [-0.39, 0.29) is 5.91 Å². The lowest BCUT2D eigenvalue weighted by Crippen LogP contribution is -2.23. The molecule has 0 atom stereocenters. The van der Waals surface area contributed by atoms with E-state index in [9.17, 15) is 4.79 Å². The number of hydrogen-bond acceptors (Lipinski definition) is 3. The molecular weight excluding hydrogens is 386 g/mol. The second-order valence-corrected chi connectivity index (χ2v) is 7.35. The first kappa shape index (κ1) is 18.8. The molecule has 0 unspecified atom stereocenters. The van der Waals surface area contributed by atoms with Crippen LogP contribution in [0.1, 0.15) is 21.7 Å². The number of aryl methyl sites for hydroxylation is 1. The van der Waals surface area contributed by atoms with Gasteiger partial charge in [-0.15, -0.1) is 0 Å². The van der Waals surface area contributed by atoms with E-state index in [1.54, 1.807) is 6.20 Å². The van der Waals surface area contributed by atoms with E-state index >= 15 is 0 Å². The van der Waals surface area contributed by atoms with Crippen molar-refractivity contribution < 1.29 is 4.79 Å². The number of pyridine rings is 1. The summed E-state index contributed by atoms with van der Waals surface area (Å²) in [5.74, 6) is -0.213. The molecule has 0 saturated carbocycles. The number of hydrogen-bond donors (Lipinski definition) is 1. The molecule has 5 rings (SSSR count). The molecule has 6 nitrogen and oxygen atoms in total. The van der Waals surface area contributed by atoms with Gasteiger partial charge in [-0.3, -0.25) is 4.79 Å². The molecule has 6 heteroatoms. The van der Waals surface area contributed by atoms with Crippen molar-refractivity contribution in [1.82, 2.24) is 24.5 Å². The van der Waals surface area contributed by atoms with Gasteiger partial charge in [-0.25, -0.2) is 9.67 Å². The summed E-state index contributed by atoms with van der Waals surface area (Å²) in [6.07, 6.45) is 3.73. The zero-order chi connectivity index (χ0) is 21.2. The van der Waals surface area contributed by atoms with E-state index in [0.717, 1.165) is 33.8 Å². The molecule has 0 saturated heterocycles. The molecule has 5 aromatic rings. The van der Waals surface area contributed by atoms with Crippen molar-refractivity contribution in [2.75, 3.05) is 0 Å². The standard InChI is InChI=1S/C25H21N5O/c1-18-9-8-14-23-27-22(17-29(18)23)25(31)26-15-20-16-30(21-12-6-3-7-13-21)28-24(20)19-10-4-2-5-11-19/h2-14,16-17H,15H2,1H3,(H,26,31). The average Bonchev–Trinajstić information content (AvgIpc) is 3.44. The van der Waals surface area contributed by atoms with Gasteiger partial charge in [0, 0.05) is 35.8 Å². The fraction of sp³-hybridized carbons (Fsp3) is 0.0800. The molecule has 1 amide bonds. The lowest BCUT2D eigenvalue weighted by molar-refractivity contribution is 0.0946. The van der Waals surface area contributed by atoms with Crippen LogP contribution in [0.3, 0.4) is 0 Å². The van der Waals surface area contributed by atoms with Crippen molar-refractivity contribution >= 4 is 11.6 Å². The normalized spacial score (nSPS) is 11.0. The molecule has 0 aliphatic carbocycles. The Morgan fingerprint density at radius 1 is 0.903 bits per heavy atom. The van der Waals surface area contributed by atoms with E-state index in [0.29, 0.717) is 12.2 Å². The summed E-state index contributed by atoms with van der Waals surface area (Å²) >= 11 is 0. The van der Waals surface area contributed by atoms with Crippen LogP contribution in [0.4, 0.5) is 0 Å². The molecule has 0 aliphatic heterocycles. The highest BCUT2D eigenvalue weighted by molar-refractivity contribution is 5.93. The maximum absolute atomic E-state index is 12.8. The van der Waals surface area contributed by atoms with Gasteiger partial charge in [0.05, 0.1) is 11.4 Å². The maximum atomic E-state index is 12.8. The highest BCUT2D eigenvalue weighted by Crippen LogP contribution is 2.23. The van der Waals surface area contributed by atoms with Gasteiger partial charge in [-0.1, -0.05) is 54.6 Å². The van der Waals surface area contributed by atoms with E-state index in [4.69, 9.17) is 5.10 Å². The zero-order valence-electron chi connectivity index (χ0n) is 17.1. The van der Waals surface area contributed by atoms with Crippen LogP contribution in [0.5, 0.6) is 0 Å². The molecule has 0 aliphatic rings. The Morgan fingerprint density at radius 2 is 1.65 bits per heavy atom. The van der Waals surface area contributed by atoms with Crippen LogP contribution in [0.2, 0.25) is 0 Å². The van der Waals surface area contributed by atoms with Crippen molar-refractivity contribution in [2.45, 2.75) is 13.5 Å². The number of rotatable bonds is 5. The third kappa shape index (κ3) is 3.71. The summed E-state index contributed by atoms with van der Waals surface area (Å²) in [7, 11) is 0. The van der Waals surface area contributed by atoms with Crippen molar-refractivity contribution in [2.24, 2.45) is 0 Å². The van der Waals surface area contributed by atoms with Crippen LogP contribution in [0, 0.1) is 6.92 Å². The average molecular weight is 407 g/mol. The van der Waals surface area contributed by atoms with Crippen molar-refractivity contribution in [3.63, 3.8) is 0 Å². The Balaban J connectivity index is 1.44. The smallest absolute Gasteiger partial charge is 0.271 e. The summed E-state index contributed by atoms with van der Waals surface area (Å²) in [4.78, 5) is 17.3. The Kier molecular flexibility index (Phi) is 4.80. The number of imidazole rings is 1. The molecule has 3 aromatic heterocycles. The van der Waals surface area contributed by atoms with Crippen LogP contribution in [0.15, 0.2) is 91.3 Å². The molecular formula is C25H21N5O. The van der Waals surface area contributed by atoms with Crippen LogP contribution in [-0.4, -0.2) is 25.1 Å². The largest absolute Gasteiger partial charge is 0.346 e. The molecule has 0 fully saturated rings. The first-order chi connectivity index (χ1) is 15.2. The van der Waals surface area contributed by atoms with Gasteiger partial charge in [-0.2, -0.15) is 5.10 Å². The first-order valence-electron chi connectivity index (χ1n) is 10.1. The second kappa shape index (κ2) is 7.91. The number of nitrogens with one attached hydrogen (secondary N) is 1. The van der Waals surface area contributed by atoms with E-state index in [2.05, 4.69) is 10.3 Å². The molecule has 2 aromatic carbocycles. The van der Waals surface area contributed by atoms with Gasteiger partial charge in [-0.05, 0) is 31.2 Å². The number of carbonyl (C=O) groups excluding carboxylic acids is 1. The van der Waals surface area contributed by atoms with Crippen molar-refractivity contribution in [3.8, 4) is 16.9 Å². The van der Waals surface area contributed by atoms with Crippen LogP contribution < -0.4 is 5.32 Å². The lowest BCUT2D eigenvalue weighted by atomic mass is 10.1. The van der Waals surface area contributed by atoms with E-state index in [1.165, 1.54) is 0 Å². The fourth-order valence-electron chi connectivity index (χ4n) is 3.61. The van der Waals surface area contributed by atoms with Gasteiger partial charge < -0.3 is 9.72 Å². The predicted molar refractivity (Wildman–Crippen MR) is 120 cm³/mol. The number of aromatic nitrogens is 4. The number of amides is 1. The molecule has 31 heavy (non-hydrogen) atoms.